The number of nitrogens with zero attached hydrogens (tertiary/aromatic N) is 5. The fourth-order valence-corrected chi connectivity index (χ4v) is 4.96. The van der Waals surface area contributed by atoms with Crippen LogP contribution in [0.4, 0.5) is 11.5 Å². The van der Waals surface area contributed by atoms with Crippen molar-refractivity contribution < 1.29 is 9.59 Å². The Bertz CT molecular complexity index is 1560. The molecule has 38 heavy (non-hydrogen) atoms. The summed E-state index contributed by atoms with van der Waals surface area (Å²) < 4.78 is 1.80. The molecule has 4 aromatic rings. The molecule has 0 spiro atoms. The molecule has 1 fully saturated rings. The van der Waals surface area contributed by atoms with Gasteiger partial charge in [-0.3, -0.25) is 19.3 Å². The van der Waals surface area contributed by atoms with E-state index < -0.39 is 0 Å². The second kappa shape index (κ2) is 10.1. The van der Waals surface area contributed by atoms with E-state index >= 15 is 0 Å². The number of H-pyrrole nitrogens is 1. The minimum Gasteiger partial charge on any atom is -0.345 e. The third kappa shape index (κ3) is 4.73. The summed E-state index contributed by atoms with van der Waals surface area (Å²) in [6.45, 7) is 2.40. The highest BCUT2D eigenvalue weighted by atomic mass is 16.2. The minimum absolute atomic E-state index is 0.0126. The minimum atomic E-state index is -0.248. The van der Waals surface area contributed by atoms with E-state index in [1.807, 2.05) is 36.6 Å². The second-order valence-corrected chi connectivity index (χ2v) is 9.69. The molecule has 0 unspecified atom stereocenters. The lowest BCUT2D eigenvalue weighted by molar-refractivity contribution is -0.121. The SMILES string of the molecule is CN1CCC(C(=O)Nc2ccc3c(C4=Cc5c(C(=O)Nc6cccnc6)cnn5CC=C4)c[nH]c3n2)CC1. The lowest BCUT2D eigenvalue weighted by Crippen LogP contribution is -2.36. The Hall–Kier alpha value is -4.57. The summed E-state index contributed by atoms with van der Waals surface area (Å²) in [5, 5.41) is 11.2. The van der Waals surface area contributed by atoms with E-state index in [4.69, 9.17) is 0 Å². The first kappa shape index (κ1) is 23.8. The van der Waals surface area contributed by atoms with E-state index in [-0.39, 0.29) is 17.7 Å². The quantitative estimate of drug-likeness (QED) is 0.377. The Morgan fingerprint density at radius 3 is 2.79 bits per heavy atom. The molecule has 0 saturated carbocycles. The van der Waals surface area contributed by atoms with Gasteiger partial charge in [-0.1, -0.05) is 12.2 Å². The highest BCUT2D eigenvalue weighted by Gasteiger charge is 2.24. The van der Waals surface area contributed by atoms with Crippen LogP contribution in [0.25, 0.3) is 22.7 Å². The van der Waals surface area contributed by atoms with Gasteiger partial charge < -0.3 is 20.5 Å². The summed E-state index contributed by atoms with van der Waals surface area (Å²) in [6.07, 6.45) is 14.5. The molecule has 2 aliphatic rings. The van der Waals surface area contributed by atoms with E-state index in [2.05, 4.69) is 42.6 Å². The van der Waals surface area contributed by atoms with Crippen molar-refractivity contribution in [3.63, 3.8) is 0 Å². The summed E-state index contributed by atoms with van der Waals surface area (Å²) in [5.41, 5.74) is 4.38. The number of likely N-dealkylation sites (tertiary alicyclic amines) is 1. The monoisotopic (exact) mass is 508 g/mol. The van der Waals surface area contributed by atoms with Crippen LogP contribution in [-0.2, 0) is 11.3 Å². The molecular formula is C28H28N8O2. The number of amides is 2. The van der Waals surface area contributed by atoms with Crippen molar-refractivity contribution in [1.29, 1.82) is 0 Å². The Morgan fingerprint density at radius 2 is 1.97 bits per heavy atom. The average Bonchev–Trinajstić information content (AvgIpc) is 3.47. The molecule has 6 rings (SSSR count). The van der Waals surface area contributed by atoms with Gasteiger partial charge in [0, 0.05) is 29.3 Å². The predicted octanol–water partition coefficient (Wildman–Crippen LogP) is 3.80. The summed E-state index contributed by atoms with van der Waals surface area (Å²) in [6, 6.07) is 7.36. The molecule has 4 aromatic heterocycles. The normalized spacial score (nSPS) is 16.1. The second-order valence-electron chi connectivity index (χ2n) is 9.69. The zero-order valence-corrected chi connectivity index (χ0v) is 21.0. The van der Waals surface area contributed by atoms with Gasteiger partial charge in [0.2, 0.25) is 5.91 Å². The first-order valence-corrected chi connectivity index (χ1v) is 12.7. The number of hydrogen-bond donors (Lipinski definition) is 3. The fraction of sp³-hybridized carbons (Fsp3) is 0.250. The van der Waals surface area contributed by atoms with Crippen LogP contribution in [0.1, 0.15) is 34.5 Å². The average molecular weight is 509 g/mol. The third-order valence-corrected chi connectivity index (χ3v) is 7.10. The molecule has 0 aliphatic carbocycles. The largest absolute Gasteiger partial charge is 0.345 e. The van der Waals surface area contributed by atoms with Crippen LogP contribution >= 0.6 is 0 Å². The predicted molar refractivity (Wildman–Crippen MR) is 146 cm³/mol. The van der Waals surface area contributed by atoms with Gasteiger partial charge in [0.15, 0.2) is 0 Å². The van der Waals surface area contributed by atoms with Gasteiger partial charge in [0.25, 0.3) is 5.91 Å². The number of allylic oxidation sites excluding steroid dienone is 3. The maximum Gasteiger partial charge on any atom is 0.259 e. The zero-order chi connectivity index (χ0) is 26.1. The van der Waals surface area contributed by atoms with Crippen LogP contribution in [-0.4, -0.2) is 61.6 Å². The Morgan fingerprint density at radius 1 is 1.11 bits per heavy atom. The number of nitrogens with one attached hydrogen (secondary N) is 3. The van der Waals surface area contributed by atoms with Crippen molar-refractivity contribution in [3.8, 4) is 0 Å². The molecule has 1 saturated heterocycles. The van der Waals surface area contributed by atoms with Crippen LogP contribution in [0.2, 0.25) is 0 Å². The molecule has 192 valence electrons. The van der Waals surface area contributed by atoms with Gasteiger partial charge in [-0.25, -0.2) is 4.98 Å². The number of anilines is 2. The van der Waals surface area contributed by atoms with Crippen molar-refractivity contribution in [2.75, 3.05) is 30.8 Å². The lowest BCUT2D eigenvalue weighted by Gasteiger charge is -2.27. The summed E-state index contributed by atoms with van der Waals surface area (Å²) >= 11 is 0. The van der Waals surface area contributed by atoms with Gasteiger partial charge >= 0.3 is 0 Å². The first-order valence-electron chi connectivity index (χ1n) is 12.7. The van der Waals surface area contributed by atoms with Gasteiger partial charge in [0.05, 0.1) is 35.9 Å². The number of carbonyl (C=O) groups is 2. The van der Waals surface area contributed by atoms with Crippen LogP contribution in [0.5, 0.6) is 0 Å². The molecule has 10 heteroatoms. The molecule has 6 heterocycles. The van der Waals surface area contributed by atoms with E-state index in [0.29, 0.717) is 29.3 Å². The standard InChI is InChI=1S/C28H28N8O2/c1-35-12-8-18(9-13-35)27(37)34-25-7-6-21-22(16-30-26(21)33-25)19-4-3-11-36-24(14-19)23(17-31-36)28(38)32-20-5-2-10-29-15-20/h2-7,10,14-18H,8-9,11-13H2,1H3,(H,32,38)(H2,30,33,34,37). The number of pyridine rings is 2. The highest BCUT2D eigenvalue weighted by Crippen LogP contribution is 2.30. The van der Waals surface area contributed by atoms with Crippen molar-refractivity contribution in [3.05, 3.63) is 78.0 Å². The maximum absolute atomic E-state index is 13.0. The van der Waals surface area contributed by atoms with E-state index in [0.717, 1.165) is 48.1 Å². The van der Waals surface area contributed by atoms with E-state index in [9.17, 15) is 9.59 Å². The first-order chi connectivity index (χ1) is 18.5. The molecular weight excluding hydrogens is 480 g/mol. The van der Waals surface area contributed by atoms with E-state index in [1.165, 1.54) is 0 Å². The van der Waals surface area contributed by atoms with Crippen molar-refractivity contribution in [1.82, 2.24) is 29.6 Å². The number of hydrogen-bond acceptors (Lipinski definition) is 6. The number of fused-ring (bicyclic) bond motifs is 2. The molecule has 10 nitrogen and oxygen atoms in total. The van der Waals surface area contributed by atoms with Crippen molar-refractivity contribution in [2.45, 2.75) is 19.4 Å². The highest BCUT2D eigenvalue weighted by molar-refractivity contribution is 6.08. The Kier molecular flexibility index (Phi) is 6.30. The summed E-state index contributed by atoms with van der Waals surface area (Å²) in [7, 11) is 2.08. The molecule has 0 radical (unpaired) electrons. The topological polar surface area (TPSA) is 121 Å². The molecule has 3 N–H and O–H groups in total. The van der Waals surface area contributed by atoms with Crippen LogP contribution in [0.3, 0.4) is 0 Å². The molecule has 0 bridgehead atoms. The zero-order valence-electron chi connectivity index (χ0n) is 21.0. The maximum atomic E-state index is 13.0. The Balaban J connectivity index is 1.25. The fourth-order valence-electron chi connectivity index (χ4n) is 4.96. The molecule has 0 atom stereocenters. The number of piperidine rings is 1. The smallest absolute Gasteiger partial charge is 0.259 e. The van der Waals surface area contributed by atoms with Gasteiger partial charge in [-0.15, -0.1) is 0 Å². The van der Waals surface area contributed by atoms with Crippen LogP contribution < -0.4 is 10.6 Å². The number of carbonyl (C=O) groups excluding carboxylic acids is 2. The van der Waals surface area contributed by atoms with Gasteiger partial charge in [-0.05, 0) is 68.9 Å². The van der Waals surface area contributed by atoms with Gasteiger partial charge in [-0.2, -0.15) is 5.10 Å². The van der Waals surface area contributed by atoms with Crippen LogP contribution in [0, 0.1) is 5.92 Å². The van der Waals surface area contributed by atoms with Crippen molar-refractivity contribution in [2.24, 2.45) is 5.92 Å². The van der Waals surface area contributed by atoms with Crippen molar-refractivity contribution >= 4 is 46.0 Å². The summed E-state index contributed by atoms with van der Waals surface area (Å²) in [5.74, 6) is 0.324. The van der Waals surface area contributed by atoms with Crippen LogP contribution in [0.15, 0.2) is 61.2 Å². The number of aromatic nitrogens is 5. The molecule has 2 aliphatic heterocycles. The van der Waals surface area contributed by atoms with E-state index in [1.54, 1.807) is 35.4 Å². The lowest BCUT2D eigenvalue weighted by atomic mass is 9.96. The number of aromatic amines is 1. The molecule has 0 aromatic carbocycles. The summed E-state index contributed by atoms with van der Waals surface area (Å²) in [4.78, 5) is 40.0. The molecule has 2 amide bonds. The van der Waals surface area contributed by atoms with Gasteiger partial charge in [0.1, 0.15) is 11.5 Å². The number of rotatable bonds is 5. The third-order valence-electron chi connectivity index (χ3n) is 7.10. The Labute approximate surface area is 219 Å².